The van der Waals surface area contributed by atoms with Crippen molar-refractivity contribution in [1.29, 1.82) is 5.26 Å². The molecule has 0 radical (unpaired) electrons. The van der Waals surface area contributed by atoms with Crippen LogP contribution in [-0.2, 0) is 11.4 Å². The minimum Gasteiger partial charge on any atom is -0.396 e. The molecule has 5 unspecified atom stereocenters. The number of aliphatic hydroxyl groups excluding tert-OH is 2. The van der Waals surface area contributed by atoms with Crippen LogP contribution in [0.25, 0.3) is 0 Å². The van der Waals surface area contributed by atoms with Gasteiger partial charge < -0.3 is 10.2 Å². The third-order valence-electron chi connectivity index (χ3n) is 5.21. The molecule has 0 amide bonds. The number of aliphatic hydroxyl groups is 2. The Morgan fingerprint density at radius 3 is 2.83 bits per heavy atom. The van der Waals surface area contributed by atoms with Crippen LogP contribution in [0.5, 0.6) is 0 Å². The van der Waals surface area contributed by atoms with Crippen molar-refractivity contribution in [3.05, 3.63) is 47.4 Å². The van der Waals surface area contributed by atoms with Gasteiger partial charge in [-0.1, -0.05) is 35.6 Å². The number of benzene rings is 1. The fraction of sp³-hybridized carbons (Fsp3) is 0.444. The first-order valence-electron chi connectivity index (χ1n) is 9.15. The van der Waals surface area contributed by atoms with Gasteiger partial charge >= 0.3 is 0 Å². The van der Waals surface area contributed by atoms with E-state index >= 15 is 0 Å². The van der Waals surface area contributed by atoms with E-state index in [-0.39, 0.29) is 25.5 Å². The van der Waals surface area contributed by atoms with E-state index in [4.69, 9.17) is 10.1 Å². The molecule has 5 atom stereocenters. The van der Waals surface area contributed by atoms with Gasteiger partial charge in [-0.3, -0.25) is 10.2 Å². The maximum atomic E-state index is 14.6. The zero-order valence-electron chi connectivity index (χ0n) is 15.3. The number of halogens is 1. The summed E-state index contributed by atoms with van der Waals surface area (Å²) in [5.41, 5.74) is 1.23. The lowest BCUT2D eigenvalue weighted by Gasteiger charge is -2.31. The molecule has 152 valence electrons. The highest BCUT2D eigenvalue weighted by Gasteiger charge is 2.50. The van der Waals surface area contributed by atoms with Crippen LogP contribution in [0.1, 0.15) is 12.0 Å². The predicted molar refractivity (Wildman–Crippen MR) is 97.7 cm³/mol. The molecular weight excluding hydrogens is 381 g/mol. The Morgan fingerprint density at radius 1 is 1.34 bits per heavy atom. The van der Waals surface area contributed by atoms with E-state index in [1.807, 2.05) is 36.5 Å². The van der Waals surface area contributed by atoms with E-state index in [0.717, 1.165) is 5.56 Å². The summed E-state index contributed by atoms with van der Waals surface area (Å²) in [6.07, 6.45) is -0.198. The highest BCUT2D eigenvalue weighted by atomic mass is 19.1. The molecule has 10 nitrogen and oxygen atoms in total. The molecule has 2 heterocycles. The summed E-state index contributed by atoms with van der Waals surface area (Å²) < 4.78 is 14.6. The number of hydroxylamine groups is 2. The second kappa shape index (κ2) is 8.12. The second-order valence-electron chi connectivity index (χ2n) is 6.94. The van der Waals surface area contributed by atoms with Gasteiger partial charge in [0.05, 0.1) is 12.1 Å². The highest BCUT2D eigenvalue weighted by molar-refractivity contribution is 5.60. The molecule has 0 spiro atoms. The molecule has 29 heavy (non-hydrogen) atoms. The monoisotopic (exact) mass is 401 g/mol. The van der Waals surface area contributed by atoms with Crippen molar-refractivity contribution in [2.45, 2.75) is 37.5 Å². The van der Waals surface area contributed by atoms with Crippen LogP contribution in [0.2, 0.25) is 0 Å². The van der Waals surface area contributed by atoms with Gasteiger partial charge in [-0.2, -0.15) is 10.3 Å². The molecule has 1 aromatic rings. The maximum absolute atomic E-state index is 14.6. The van der Waals surface area contributed by atoms with Gasteiger partial charge in [0, 0.05) is 12.5 Å². The molecule has 1 aromatic carbocycles. The predicted octanol–water partition coefficient (Wildman–Crippen LogP) is 0.791. The number of rotatable bonds is 6. The Balaban J connectivity index is 1.52. The van der Waals surface area contributed by atoms with Crippen LogP contribution in [0.15, 0.2) is 57.2 Å². The van der Waals surface area contributed by atoms with Crippen molar-refractivity contribution < 1.29 is 19.4 Å². The number of nitrogens with one attached hydrogen (secondary N) is 1. The van der Waals surface area contributed by atoms with Gasteiger partial charge in [0.15, 0.2) is 23.9 Å². The van der Waals surface area contributed by atoms with Crippen LogP contribution in [0, 0.1) is 17.4 Å². The van der Waals surface area contributed by atoms with Crippen LogP contribution in [0.3, 0.4) is 0 Å². The van der Waals surface area contributed by atoms with Crippen LogP contribution >= 0.6 is 0 Å². The first-order valence-corrected chi connectivity index (χ1v) is 9.15. The molecular formula is C18H20FN7O3. The molecule has 0 bridgehead atoms. The lowest BCUT2D eigenvalue weighted by molar-refractivity contribution is -0.0872. The fourth-order valence-corrected chi connectivity index (χ4v) is 3.67. The molecule has 2 aliphatic heterocycles. The van der Waals surface area contributed by atoms with E-state index in [1.54, 1.807) is 0 Å². The van der Waals surface area contributed by atoms with E-state index < -0.39 is 30.4 Å². The lowest BCUT2D eigenvalue weighted by Crippen LogP contribution is -2.45. The Bertz CT molecular complexity index is 872. The number of alkyl halides is 1. The summed E-state index contributed by atoms with van der Waals surface area (Å²) in [7, 11) is 0. The van der Waals surface area contributed by atoms with E-state index in [9.17, 15) is 14.6 Å². The first-order chi connectivity index (χ1) is 14.1. The topological polar surface area (TPSA) is 129 Å². The van der Waals surface area contributed by atoms with Gasteiger partial charge in [-0.15, -0.1) is 5.11 Å². The van der Waals surface area contributed by atoms with Crippen molar-refractivity contribution in [1.82, 2.24) is 15.4 Å². The van der Waals surface area contributed by atoms with E-state index in [0.29, 0.717) is 5.70 Å². The summed E-state index contributed by atoms with van der Waals surface area (Å²) in [6.45, 7) is -0.0795. The molecule has 4 rings (SSSR count). The molecule has 3 N–H and O–H groups in total. The molecule has 1 aliphatic carbocycles. The number of fused-ring (bicyclic) bond motifs is 1. The largest absolute Gasteiger partial charge is 0.396 e. The standard InChI is InChI=1S/C18H20FN7O3/c19-14-13(6-12(7-27)16(14)28)26-18-15(23-24-26)17(21-9-20)25(10-22-18)29-8-11-4-2-1-3-5-11/h1-5,10,12-14,16,18,21,27-28H,6-8H2. The Kier molecular flexibility index (Phi) is 5.39. The van der Waals surface area contributed by atoms with Crippen molar-refractivity contribution in [2.75, 3.05) is 6.61 Å². The summed E-state index contributed by atoms with van der Waals surface area (Å²) in [5.74, 6) is -0.337. The van der Waals surface area contributed by atoms with Gasteiger partial charge in [0.1, 0.15) is 19.1 Å². The average molecular weight is 401 g/mol. The maximum Gasteiger partial charge on any atom is 0.188 e. The number of hydrogen-bond donors (Lipinski definition) is 3. The smallest absolute Gasteiger partial charge is 0.188 e. The summed E-state index contributed by atoms with van der Waals surface area (Å²) in [6, 6.07) is 8.68. The van der Waals surface area contributed by atoms with Crippen molar-refractivity contribution >= 4 is 6.34 Å². The Labute approximate surface area is 166 Å². The SMILES string of the molecule is N#CNC1=C2N=NN(C3CC(CO)C(O)C3F)C2N=CN1OCc1ccccc1. The molecule has 0 saturated heterocycles. The third-order valence-corrected chi connectivity index (χ3v) is 5.21. The highest BCUT2D eigenvalue weighted by Crippen LogP contribution is 2.38. The third kappa shape index (κ3) is 3.53. The average Bonchev–Trinajstić information content (AvgIpc) is 3.29. The first kappa shape index (κ1) is 19.3. The summed E-state index contributed by atoms with van der Waals surface area (Å²) >= 11 is 0. The van der Waals surface area contributed by atoms with Crippen molar-refractivity contribution in [3.8, 4) is 6.19 Å². The Morgan fingerprint density at radius 2 is 2.14 bits per heavy atom. The van der Waals surface area contributed by atoms with Crippen LogP contribution < -0.4 is 5.32 Å². The minimum absolute atomic E-state index is 0.215. The number of aliphatic imine (C=N–C) groups is 1. The zero-order valence-corrected chi connectivity index (χ0v) is 15.3. The minimum atomic E-state index is -1.60. The summed E-state index contributed by atoms with van der Waals surface area (Å²) in [5, 5.41) is 41.7. The Hall–Kier alpha value is -3.07. The van der Waals surface area contributed by atoms with Gasteiger partial charge in [0.25, 0.3) is 0 Å². The quantitative estimate of drug-likeness (QED) is 0.475. The van der Waals surface area contributed by atoms with E-state index in [1.165, 1.54) is 16.4 Å². The van der Waals surface area contributed by atoms with Gasteiger partial charge in [0.2, 0.25) is 0 Å². The van der Waals surface area contributed by atoms with Gasteiger partial charge in [-0.25, -0.2) is 14.4 Å². The lowest BCUT2D eigenvalue weighted by atomic mass is 10.1. The number of hydrogen-bond acceptors (Lipinski definition) is 10. The van der Waals surface area contributed by atoms with Crippen molar-refractivity contribution in [2.24, 2.45) is 21.2 Å². The second-order valence-corrected chi connectivity index (χ2v) is 6.94. The normalized spacial score (nSPS) is 30.6. The van der Waals surface area contributed by atoms with Crippen LogP contribution in [0.4, 0.5) is 4.39 Å². The molecule has 0 aromatic heterocycles. The summed E-state index contributed by atoms with van der Waals surface area (Å²) in [4.78, 5) is 10.1. The van der Waals surface area contributed by atoms with Crippen molar-refractivity contribution in [3.63, 3.8) is 0 Å². The number of nitrogens with zero attached hydrogens (tertiary/aromatic N) is 6. The number of nitriles is 1. The molecule has 1 saturated carbocycles. The molecule has 11 heteroatoms. The van der Waals surface area contributed by atoms with E-state index in [2.05, 4.69) is 20.6 Å². The fourth-order valence-electron chi connectivity index (χ4n) is 3.67. The zero-order chi connectivity index (χ0) is 20.4. The van der Waals surface area contributed by atoms with Gasteiger partial charge in [-0.05, 0) is 12.0 Å². The molecule has 3 aliphatic rings. The van der Waals surface area contributed by atoms with Crippen LogP contribution in [-0.4, -0.2) is 57.7 Å². The molecule has 1 fully saturated rings.